The van der Waals surface area contributed by atoms with E-state index in [0.29, 0.717) is 0 Å². The molecule has 2 aliphatic rings. The minimum atomic E-state index is -0.0677. The zero-order chi connectivity index (χ0) is 10.7. The van der Waals surface area contributed by atoms with Gasteiger partial charge in [-0.05, 0) is 63.5 Å². The zero-order valence-electron chi connectivity index (χ0n) is 10.0. The van der Waals surface area contributed by atoms with E-state index in [0.717, 1.165) is 6.61 Å². The van der Waals surface area contributed by atoms with Crippen LogP contribution < -0.4 is 0 Å². The Morgan fingerprint density at radius 2 is 1.67 bits per heavy atom. The second-order valence-electron chi connectivity index (χ2n) is 4.71. The highest BCUT2D eigenvalue weighted by atomic mass is 16.5. The van der Waals surface area contributed by atoms with Gasteiger partial charge in [0.1, 0.15) is 5.60 Å². The smallest absolute Gasteiger partial charge is 0.107 e. The highest BCUT2D eigenvalue weighted by Gasteiger charge is 2.35. The molecule has 0 saturated carbocycles. The van der Waals surface area contributed by atoms with Gasteiger partial charge in [0.05, 0.1) is 0 Å². The quantitative estimate of drug-likeness (QED) is 0.632. The molecule has 0 bridgehead atoms. The molecule has 0 aromatic rings. The number of hydrogen-bond donors (Lipinski definition) is 0. The van der Waals surface area contributed by atoms with Crippen molar-refractivity contribution in [1.29, 1.82) is 0 Å². The van der Waals surface area contributed by atoms with Gasteiger partial charge in [-0.2, -0.15) is 0 Å². The highest BCUT2D eigenvalue weighted by Crippen LogP contribution is 2.40. The molecule has 0 saturated heterocycles. The third kappa shape index (κ3) is 2.03. The molecule has 2 aliphatic carbocycles. The first-order valence-corrected chi connectivity index (χ1v) is 6.30. The van der Waals surface area contributed by atoms with E-state index in [-0.39, 0.29) is 5.60 Å². The Morgan fingerprint density at radius 1 is 1.13 bits per heavy atom. The fourth-order valence-corrected chi connectivity index (χ4v) is 2.89. The molecule has 0 spiro atoms. The van der Waals surface area contributed by atoms with Crippen molar-refractivity contribution in [3.05, 3.63) is 23.3 Å². The van der Waals surface area contributed by atoms with E-state index in [1.165, 1.54) is 49.7 Å². The van der Waals surface area contributed by atoms with Crippen LogP contribution in [0, 0.1) is 0 Å². The topological polar surface area (TPSA) is 9.23 Å². The van der Waals surface area contributed by atoms with Crippen molar-refractivity contribution in [2.45, 2.75) is 58.0 Å². The van der Waals surface area contributed by atoms with Gasteiger partial charge in [0, 0.05) is 6.61 Å². The summed E-state index contributed by atoms with van der Waals surface area (Å²) in [7, 11) is 0. The molecule has 0 radical (unpaired) electrons. The van der Waals surface area contributed by atoms with Gasteiger partial charge >= 0.3 is 0 Å². The van der Waals surface area contributed by atoms with Crippen molar-refractivity contribution in [1.82, 2.24) is 0 Å². The number of hydrogen-bond acceptors (Lipinski definition) is 1. The molecule has 0 fully saturated rings. The first kappa shape index (κ1) is 10.9. The van der Waals surface area contributed by atoms with Crippen LogP contribution in [0.3, 0.4) is 0 Å². The lowest BCUT2D eigenvalue weighted by molar-refractivity contribution is 0.0295. The average Bonchev–Trinajstić information content (AvgIpc) is 2.92. The fraction of sp³-hybridized carbons (Fsp3) is 0.714. The Hall–Kier alpha value is -0.560. The van der Waals surface area contributed by atoms with Crippen LogP contribution in [0.5, 0.6) is 0 Å². The molecule has 0 aromatic heterocycles. The molecule has 1 heteroatoms. The van der Waals surface area contributed by atoms with Crippen LogP contribution in [0.25, 0.3) is 0 Å². The lowest BCUT2D eigenvalue weighted by Crippen LogP contribution is -2.32. The average molecular weight is 206 g/mol. The van der Waals surface area contributed by atoms with Crippen LogP contribution in [0.15, 0.2) is 23.3 Å². The van der Waals surface area contributed by atoms with Gasteiger partial charge in [-0.1, -0.05) is 12.2 Å². The van der Waals surface area contributed by atoms with Gasteiger partial charge in [-0.15, -0.1) is 0 Å². The van der Waals surface area contributed by atoms with Crippen molar-refractivity contribution in [2.24, 2.45) is 0 Å². The van der Waals surface area contributed by atoms with Crippen molar-refractivity contribution in [3.63, 3.8) is 0 Å². The first-order valence-electron chi connectivity index (χ1n) is 6.30. The van der Waals surface area contributed by atoms with Crippen molar-refractivity contribution in [2.75, 3.05) is 6.61 Å². The normalized spacial score (nSPS) is 21.7. The van der Waals surface area contributed by atoms with Crippen LogP contribution in [0.1, 0.15) is 52.4 Å². The van der Waals surface area contributed by atoms with E-state index in [1.54, 1.807) is 0 Å². The summed E-state index contributed by atoms with van der Waals surface area (Å²) in [6.07, 6.45) is 12.4. The lowest BCUT2D eigenvalue weighted by atomic mass is 9.86. The summed E-state index contributed by atoms with van der Waals surface area (Å²) in [6.45, 7) is 5.18. The number of ether oxygens (including phenoxy) is 1. The van der Waals surface area contributed by atoms with E-state index in [4.69, 9.17) is 4.74 Å². The Balaban J connectivity index is 2.22. The summed E-state index contributed by atoms with van der Waals surface area (Å²) < 4.78 is 6.06. The van der Waals surface area contributed by atoms with E-state index < -0.39 is 0 Å². The van der Waals surface area contributed by atoms with E-state index in [1.807, 2.05) is 0 Å². The lowest BCUT2D eigenvalue weighted by Gasteiger charge is -2.33. The predicted molar refractivity (Wildman–Crippen MR) is 63.9 cm³/mol. The van der Waals surface area contributed by atoms with Gasteiger partial charge in [0.15, 0.2) is 0 Å². The Labute approximate surface area is 93.2 Å². The molecule has 0 unspecified atom stereocenters. The van der Waals surface area contributed by atoms with E-state index in [2.05, 4.69) is 26.0 Å². The Kier molecular flexibility index (Phi) is 3.30. The van der Waals surface area contributed by atoms with Crippen LogP contribution in [-0.2, 0) is 4.74 Å². The first-order chi connectivity index (χ1) is 7.27. The molecule has 0 N–H and O–H groups in total. The van der Waals surface area contributed by atoms with Crippen LogP contribution in [0.2, 0.25) is 0 Å². The summed E-state index contributed by atoms with van der Waals surface area (Å²) in [5.74, 6) is 0. The van der Waals surface area contributed by atoms with E-state index in [9.17, 15) is 0 Å². The maximum Gasteiger partial charge on any atom is 0.107 e. The minimum Gasteiger partial charge on any atom is -0.367 e. The fourth-order valence-electron chi connectivity index (χ4n) is 2.89. The molecule has 15 heavy (non-hydrogen) atoms. The molecule has 0 amide bonds. The molecule has 84 valence electrons. The molecule has 0 heterocycles. The van der Waals surface area contributed by atoms with Gasteiger partial charge in [-0.25, -0.2) is 0 Å². The molecular formula is C14H22O. The van der Waals surface area contributed by atoms with Crippen molar-refractivity contribution >= 4 is 0 Å². The van der Waals surface area contributed by atoms with Gasteiger partial charge in [0.2, 0.25) is 0 Å². The Bertz CT molecular complexity index is 262. The highest BCUT2D eigenvalue weighted by molar-refractivity contribution is 5.35. The minimum absolute atomic E-state index is 0.0677. The Morgan fingerprint density at radius 3 is 2.00 bits per heavy atom. The monoisotopic (exact) mass is 206 g/mol. The molecule has 0 aliphatic heterocycles. The second kappa shape index (κ2) is 4.52. The van der Waals surface area contributed by atoms with Crippen LogP contribution >= 0.6 is 0 Å². The second-order valence-corrected chi connectivity index (χ2v) is 4.71. The van der Waals surface area contributed by atoms with Gasteiger partial charge < -0.3 is 4.74 Å². The van der Waals surface area contributed by atoms with Crippen LogP contribution in [0.4, 0.5) is 0 Å². The standard InChI is InChI=1S/C14H22O/c1-3-15-14(2,12-8-4-5-9-12)13-10-6-7-11-13/h8,10H,3-7,9,11H2,1-2H3. The van der Waals surface area contributed by atoms with Crippen molar-refractivity contribution < 1.29 is 4.74 Å². The summed E-state index contributed by atoms with van der Waals surface area (Å²) in [5.41, 5.74) is 2.98. The molecule has 2 rings (SSSR count). The summed E-state index contributed by atoms with van der Waals surface area (Å²) in [6, 6.07) is 0. The maximum absolute atomic E-state index is 6.06. The largest absolute Gasteiger partial charge is 0.367 e. The molecule has 1 nitrogen and oxygen atoms in total. The van der Waals surface area contributed by atoms with E-state index >= 15 is 0 Å². The molecular weight excluding hydrogens is 184 g/mol. The number of allylic oxidation sites excluding steroid dienone is 2. The van der Waals surface area contributed by atoms with Crippen molar-refractivity contribution in [3.8, 4) is 0 Å². The third-order valence-electron chi connectivity index (χ3n) is 3.74. The predicted octanol–water partition coefficient (Wildman–Crippen LogP) is 4.00. The van der Waals surface area contributed by atoms with Gasteiger partial charge in [0.25, 0.3) is 0 Å². The number of rotatable bonds is 4. The third-order valence-corrected chi connectivity index (χ3v) is 3.74. The summed E-state index contributed by atoms with van der Waals surface area (Å²) in [5, 5.41) is 0. The van der Waals surface area contributed by atoms with Crippen LogP contribution in [-0.4, -0.2) is 12.2 Å². The van der Waals surface area contributed by atoms with Gasteiger partial charge in [-0.3, -0.25) is 0 Å². The molecule has 0 aromatic carbocycles. The zero-order valence-corrected chi connectivity index (χ0v) is 10.0. The summed E-state index contributed by atoms with van der Waals surface area (Å²) in [4.78, 5) is 0. The maximum atomic E-state index is 6.06. The summed E-state index contributed by atoms with van der Waals surface area (Å²) >= 11 is 0. The molecule has 0 atom stereocenters. The SMILES string of the molecule is CCOC(C)(C1=CCCC1)C1=CCCC1.